The summed E-state index contributed by atoms with van der Waals surface area (Å²) < 4.78 is 36.0. The predicted octanol–water partition coefficient (Wildman–Crippen LogP) is 4.63. The summed E-state index contributed by atoms with van der Waals surface area (Å²) in [6.07, 6.45) is 11.0. The van der Waals surface area contributed by atoms with Gasteiger partial charge < -0.3 is 28.4 Å². The number of ether oxygens (including phenoxy) is 6. The fourth-order valence-corrected chi connectivity index (χ4v) is 5.72. The molecule has 4 aliphatic rings. The molecule has 0 spiro atoms. The highest BCUT2D eigenvalue weighted by atomic mass is 16.6. The lowest BCUT2D eigenvalue weighted by Crippen LogP contribution is -2.37. The van der Waals surface area contributed by atoms with Gasteiger partial charge in [-0.2, -0.15) is 0 Å². The molecule has 0 aromatic rings. The molecule has 192 valence electrons. The fourth-order valence-electron chi connectivity index (χ4n) is 5.72. The largest absolute Gasteiger partial charge is 0.380 e. The number of rotatable bonds is 12. The summed E-state index contributed by atoms with van der Waals surface area (Å²) in [5.74, 6) is 1.83. The van der Waals surface area contributed by atoms with Gasteiger partial charge in [-0.25, -0.2) is 0 Å². The molecular weight excluding hydrogens is 420 g/mol. The molecule has 1 aliphatic carbocycles. The summed E-state index contributed by atoms with van der Waals surface area (Å²) in [5, 5.41) is 0. The molecule has 0 aromatic heterocycles. The van der Waals surface area contributed by atoms with E-state index in [2.05, 4.69) is 20.8 Å². The Bertz CT molecular complexity index is 559. The maximum atomic E-state index is 6.30. The molecule has 0 bridgehead atoms. The monoisotopic (exact) mass is 468 g/mol. The lowest BCUT2D eigenvalue weighted by molar-refractivity contribution is -0.0847. The van der Waals surface area contributed by atoms with Crippen molar-refractivity contribution in [3.8, 4) is 0 Å². The molecule has 3 saturated heterocycles. The molecule has 3 aliphatic heterocycles. The average Bonchev–Trinajstić information content (AvgIpc) is 3.58. The predicted molar refractivity (Wildman–Crippen MR) is 127 cm³/mol. The first-order chi connectivity index (χ1) is 16.0. The number of epoxide rings is 1. The van der Waals surface area contributed by atoms with Crippen molar-refractivity contribution in [2.75, 3.05) is 52.9 Å². The maximum Gasteiger partial charge on any atom is 0.0845 e. The molecule has 0 radical (unpaired) electrons. The minimum atomic E-state index is -0.126. The first kappa shape index (κ1) is 25.8. The second kappa shape index (κ2) is 12.6. The summed E-state index contributed by atoms with van der Waals surface area (Å²) in [4.78, 5) is 0. The zero-order valence-corrected chi connectivity index (χ0v) is 21.3. The van der Waals surface area contributed by atoms with E-state index in [-0.39, 0.29) is 5.41 Å². The lowest BCUT2D eigenvalue weighted by atomic mass is 9.89. The second-order valence-electron chi connectivity index (χ2n) is 11.7. The number of hydrogen-bond donors (Lipinski definition) is 0. The molecule has 0 N–H and O–H groups in total. The van der Waals surface area contributed by atoms with Crippen LogP contribution in [0, 0.1) is 23.2 Å². The normalized spacial score (nSPS) is 38.8. The van der Waals surface area contributed by atoms with Crippen molar-refractivity contribution in [3.63, 3.8) is 0 Å². The Labute approximate surface area is 201 Å². The van der Waals surface area contributed by atoms with Crippen LogP contribution >= 0.6 is 0 Å². The van der Waals surface area contributed by atoms with Gasteiger partial charge in [0.2, 0.25) is 0 Å². The van der Waals surface area contributed by atoms with Gasteiger partial charge in [0.15, 0.2) is 0 Å². The SMILES string of the molecule is CC1CCC(COCC(C)(COCC2CCOC(C)C2)COCC2CCC3OC3C2)CCO1. The van der Waals surface area contributed by atoms with Crippen LogP contribution in [0.4, 0.5) is 0 Å². The van der Waals surface area contributed by atoms with Crippen molar-refractivity contribution in [1.82, 2.24) is 0 Å². The number of hydrogen-bond acceptors (Lipinski definition) is 6. The summed E-state index contributed by atoms with van der Waals surface area (Å²) in [6, 6.07) is 0. The highest BCUT2D eigenvalue weighted by Crippen LogP contribution is 2.39. The third-order valence-corrected chi connectivity index (χ3v) is 8.03. The Balaban J connectivity index is 1.20. The van der Waals surface area contributed by atoms with E-state index in [1.165, 1.54) is 25.7 Å². The van der Waals surface area contributed by atoms with Gasteiger partial charge in [-0.3, -0.25) is 0 Å². The molecule has 3 heterocycles. The van der Waals surface area contributed by atoms with Crippen molar-refractivity contribution >= 4 is 0 Å². The van der Waals surface area contributed by atoms with Gasteiger partial charge in [0.1, 0.15) is 0 Å². The molecule has 0 amide bonds. The molecular formula is C27H48O6. The van der Waals surface area contributed by atoms with Crippen molar-refractivity contribution in [2.45, 2.75) is 96.6 Å². The maximum absolute atomic E-state index is 6.30. The van der Waals surface area contributed by atoms with Gasteiger partial charge in [-0.15, -0.1) is 0 Å². The molecule has 6 heteroatoms. The standard InChI is InChI=1S/C27H48O6/c1-20-4-5-22(8-10-31-20)14-28-17-27(3,19-30-16-24-9-11-32-21(2)12-24)18-29-15-23-6-7-25-26(13-23)33-25/h20-26H,4-19H2,1-3H3. The molecule has 1 saturated carbocycles. The summed E-state index contributed by atoms with van der Waals surface area (Å²) >= 11 is 0. The van der Waals surface area contributed by atoms with Crippen LogP contribution in [0.25, 0.3) is 0 Å². The van der Waals surface area contributed by atoms with Crippen LogP contribution < -0.4 is 0 Å². The average molecular weight is 469 g/mol. The third-order valence-electron chi connectivity index (χ3n) is 8.03. The molecule has 8 atom stereocenters. The van der Waals surface area contributed by atoms with Crippen molar-refractivity contribution in [3.05, 3.63) is 0 Å². The van der Waals surface area contributed by atoms with Crippen LogP contribution in [0.1, 0.15) is 72.1 Å². The summed E-state index contributed by atoms with van der Waals surface area (Å²) in [6.45, 7) is 12.8. The number of fused-ring (bicyclic) bond motifs is 1. The van der Waals surface area contributed by atoms with E-state index in [1.54, 1.807) is 0 Å². The van der Waals surface area contributed by atoms with Crippen LogP contribution in [0.15, 0.2) is 0 Å². The first-order valence-electron chi connectivity index (χ1n) is 13.6. The molecule has 0 aromatic carbocycles. The van der Waals surface area contributed by atoms with Crippen LogP contribution in [0.5, 0.6) is 0 Å². The van der Waals surface area contributed by atoms with Crippen molar-refractivity contribution < 1.29 is 28.4 Å². The zero-order chi connectivity index (χ0) is 23.1. The van der Waals surface area contributed by atoms with E-state index >= 15 is 0 Å². The van der Waals surface area contributed by atoms with E-state index in [0.29, 0.717) is 62.0 Å². The Hall–Kier alpha value is -0.240. The van der Waals surface area contributed by atoms with Gasteiger partial charge in [0.05, 0.1) is 44.2 Å². The second-order valence-corrected chi connectivity index (χ2v) is 11.7. The van der Waals surface area contributed by atoms with E-state index < -0.39 is 0 Å². The highest BCUT2D eigenvalue weighted by Gasteiger charge is 2.43. The summed E-state index contributed by atoms with van der Waals surface area (Å²) in [7, 11) is 0. The van der Waals surface area contributed by atoms with Crippen LogP contribution in [0.2, 0.25) is 0 Å². The molecule has 8 unspecified atom stereocenters. The van der Waals surface area contributed by atoms with Crippen molar-refractivity contribution in [2.24, 2.45) is 23.2 Å². The quantitative estimate of drug-likeness (QED) is 0.389. The Kier molecular flexibility index (Phi) is 9.90. The van der Waals surface area contributed by atoms with Crippen molar-refractivity contribution in [1.29, 1.82) is 0 Å². The van der Waals surface area contributed by atoms with E-state index in [1.807, 2.05) is 0 Å². The minimum absolute atomic E-state index is 0.126. The van der Waals surface area contributed by atoms with Crippen LogP contribution in [0.3, 0.4) is 0 Å². The van der Waals surface area contributed by atoms with Gasteiger partial charge in [-0.05, 0) is 83.0 Å². The first-order valence-corrected chi connectivity index (χ1v) is 13.6. The van der Waals surface area contributed by atoms with Crippen LogP contribution in [-0.4, -0.2) is 77.3 Å². The highest BCUT2D eigenvalue weighted by molar-refractivity contribution is 4.91. The smallest absolute Gasteiger partial charge is 0.0845 e. The Morgan fingerprint density at radius 2 is 1.21 bits per heavy atom. The third kappa shape index (κ3) is 8.73. The summed E-state index contributed by atoms with van der Waals surface area (Å²) in [5.41, 5.74) is -0.126. The van der Waals surface area contributed by atoms with Gasteiger partial charge in [-0.1, -0.05) is 6.92 Å². The lowest BCUT2D eigenvalue weighted by Gasteiger charge is -2.32. The molecule has 4 rings (SSSR count). The van der Waals surface area contributed by atoms with Gasteiger partial charge in [0, 0.05) is 38.4 Å². The minimum Gasteiger partial charge on any atom is -0.380 e. The van der Waals surface area contributed by atoms with E-state index in [0.717, 1.165) is 58.7 Å². The Morgan fingerprint density at radius 1 is 0.636 bits per heavy atom. The Morgan fingerprint density at radius 3 is 1.88 bits per heavy atom. The van der Waals surface area contributed by atoms with E-state index in [9.17, 15) is 0 Å². The van der Waals surface area contributed by atoms with Gasteiger partial charge in [0.25, 0.3) is 0 Å². The molecule has 33 heavy (non-hydrogen) atoms. The zero-order valence-electron chi connectivity index (χ0n) is 21.3. The van der Waals surface area contributed by atoms with Gasteiger partial charge >= 0.3 is 0 Å². The topological polar surface area (TPSA) is 58.7 Å². The molecule has 6 nitrogen and oxygen atoms in total. The van der Waals surface area contributed by atoms with Crippen LogP contribution in [-0.2, 0) is 28.4 Å². The van der Waals surface area contributed by atoms with E-state index in [4.69, 9.17) is 28.4 Å². The fraction of sp³-hybridized carbons (Fsp3) is 1.00. The molecule has 4 fully saturated rings.